The molecule has 7 heteroatoms. The van der Waals surface area contributed by atoms with Gasteiger partial charge >= 0.3 is 0 Å². The number of hydrogen-bond donors (Lipinski definition) is 3. The number of ketones is 2. The van der Waals surface area contributed by atoms with E-state index in [2.05, 4.69) is 0 Å². The first-order chi connectivity index (χ1) is 13.0. The monoisotopic (exact) mass is 392 g/mol. The van der Waals surface area contributed by atoms with E-state index in [1.165, 1.54) is 18.2 Å². The molecule has 0 aliphatic heterocycles. The summed E-state index contributed by atoms with van der Waals surface area (Å²) >= 11 is 0. The molecular weight excluding hydrogens is 367 g/mol. The molecule has 0 unspecified atom stereocenters. The summed E-state index contributed by atoms with van der Waals surface area (Å²) in [4.78, 5) is 35.2. The van der Waals surface area contributed by atoms with Gasteiger partial charge in [-0.2, -0.15) is 0 Å². The summed E-state index contributed by atoms with van der Waals surface area (Å²) in [5, 5.41) is 32.6. The van der Waals surface area contributed by atoms with Crippen molar-refractivity contribution in [1.29, 1.82) is 0 Å². The number of fused-ring (bicyclic) bond motifs is 5. The number of carbonyl (C=O) groups excluding carboxylic acids is 3. The summed E-state index contributed by atoms with van der Waals surface area (Å²) in [6.07, 6.45) is 1.63. The standard InChI is InChI=1S/C21H25FO6/c1-18-6-5-12(24)7-11(18)3-4-13-14-8-15(25)21(28,17(27)10-23)19(14,2)9-16(26)20(13,18)22/h5-7,10,13-16,25-26,28H,3-4,8-9H2,1-2H3/t13-,14-,15+,16-,18-,19-,20-,21-/m0/s1. The first-order valence-corrected chi connectivity index (χ1v) is 9.68. The summed E-state index contributed by atoms with van der Waals surface area (Å²) in [6.45, 7) is 3.21. The van der Waals surface area contributed by atoms with Gasteiger partial charge in [0.1, 0.15) is 0 Å². The Bertz CT molecular complexity index is 835. The largest absolute Gasteiger partial charge is 0.390 e. The molecule has 3 N–H and O–H groups in total. The Labute approximate surface area is 162 Å². The molecule has 0 bridgehead atoms. The highest BCUT2D eigenvalue weighted by atomic mass is 19.1. The number of rotatable bonds is 2. The molecule has 6 nitrogen and oxygen atoms in total. The molecule has 0 spiro atoms. The minimum atomic E-state index is -2.35. The Morgan fingerprint density at radius 1 is 1.25 bits per heavy atom. The van der Waals surface area contributed by atoms with Crippen molar-refractivity contribution in [3.63, 3.8) is 0 Å². The molecular formula is C21H25FO6. The quantitative estimate of drug-likeness (QED) is 0.474. The maximum atomic E-state index is 16.8. The van der Waals surface area contributed by atoms with E-state index < -0.39 is 51.9 Å². The van der Waals surface area contributed by atoms with Crippen molar-refractivity contribution in [3.8, 4) is 0 Å². The second-order valence-corrected chi connectivity index (χ2v) is 9.26. The minimum Gasteiger partial charge on any atom is -0.390 e. The molecule has 0 heterocycles. The number of hydrogen-bond acceptors (Lipinski definition) is 6. The van der Waals surface area contributed by atoms with Gasteiger partial charge < -0.3 is 15.3 Å². The highest BCUT2D eigenvalue weighted by molar-refractivity contribution is 6.29. The first kappa shape index (κ1) is 19.6. The number of aldehydes is 1. The highest BCUT2D eigenvalue weighted by Crippen LogP contribution is 2.69. The van der Waals surface area contributed by atoms with Gasteiger partial charge in [-0.25, -0.2) is 4.39 Å². The van der Waals surface area contributed by atoms with Crippen molar-refractivity contribution in [3.05, 3.63) is 23.8 Å². The van der Waals surface area contributed by atoms with E-state index in [1.54, 1.807) is 13.8 Å². The fourth-order valence-corrected chi connectivity index (χ4v) is 6.76. The third kappa shape index (κ3) is 1.95. The third-order valence-corrected chi connectivity index (χ3v) is 8.34. The van der Waals surface area contributed by atoms with Crippen LogP contribution in [0, 0.1) is 22.7 Å². The topological polar surface area (TPSA) is 112 Å². The summed E-state index contributed by atoms with van der Waals surface area (Å²) in [5.74, 6) is -2.71. The first-order valence-electron chi connectivity index (χ1n) is 9.68. The second kappa shape index (κ2) is 5.68. The van der Waals surface area contributed by atoms with Crippen molar-refractivity contribution in [2.24, 2.45) is 22.7 Å². The van der Waals surface area contributed by atoms with Crippen LogP contribution in [0.25, 0.3) is 0 Å². The fraction of sp³-hybridized carbons (Fsp3) is 0.667. The lowest BCUT2D eigenvalue weighted by Crippen LogP contribution is -2.69. The number of Topliss-reactive ketones (excluding diaryl/α,β-unsaturated/α-hetero) is 1. The lowest BCUT2D eigenvalue weighted by atomic mass is 9.44. The van der Waals surface area contributed by atoms with Gasteiger partial charge in [-0.05, 0) is 50.7 Å². The van der Waals surface area contributed by atoms with Crippen molar-refractivity contribution in [2.75, 3.05) is 0 Å². The Balaban J connectivity index is 1.85. The van der Waals surface area contributed by atoms with E-state index in [4.69, 9.17) is 0 Å². The molecule has 8 atom stereocenters. The Hall–Kier alpha value is -1.70. The lowest BCUT2D eigenvalue weighted by molar-refractivity contribution is -0.220. The van der Waals surface area contributed by atoms with Gasteiger partial charge in [-0.1, -0.05) is 18.6 Å². The normalized spacial score (nSPS) is 52.4. The van der Waals surface area contributed by atoms with Gasteiger partial charge in [-0.3, -0.25) is 14.4 Å². The van der Waals surface area contributed by atoms with Crippen molar-refractivity contribution < 1.29 is 34.1 Å². The zero-order valence-corrected chi connectivity index (χ0v) is 15.9. The molecule has 0 aromatic heterocycles. The molecule has 4 rings (SSSR count). The number of allylic oxidation sites excluding steroid dienone is 4. The number of carbonyl (C=O) groups is 3. The fourth-order valence-electron chi connectivity index (χ4n) is 6.76. The molecule has 3 saturated carbocycles. The molecule has 0 aromatic rings. The Morgan fingerprint density at radius 3 is 2.57 bits per heavy atom. The van der Waals surface area contributed by atoms with Crippen LogP contribution in [-0.4, -0.2) is 56.6 Å². The van der Waals surface area contributed by atoms with E-state index in [-0.39, 0.29) is 24.9 Å². The number of aliphatic hydroxyl groups excluding tert-OH is 2. The van der Waals surface area contributed by atoms with E-state index in [0.29, 0.717) is 18.4 Å². The van der Waals surface area contributed by atoms with Crippen molar-refractivity contribution in [1.82, 2.24) is 0 Å². The van der Waals surface area contributed by atoms with Crippen LogP contribution in [0.2, 0.25) is 0 Å². The Morgan fingerprint density at radius 2 is 1.93 bits per heavy atom. The van der Waals surface area contributed by atoms with Crippen LogP contribution in [-0.2, 0) is 14.4 Å². The van der Waals surface area contributed by atoms with Crippen LogP contribution >= 0.6 is 0 Å². The summed E-state index contributed by atoms with van der Waals surface area (Å²) in [5.41, 5.74) is -6.37. The van der Waals surface area contributed by atoms with Crippen LogP contribution < -0.4 is 0 Å². The molecule has 0 amide bonds. The van der Waals surface area contributed by atoms with Crippen LogP contribution in [0.5, 0.6) is 0 Å². The molecule has 4 aliphatic carbocycles. The maximum Gasteiger partial charge on any atom is 0.229 e. The third-order valence-electron chi connectivity index (χ3n) is 8.34. The van der Waals surface area contributed by atoms with E-state index in [0.717, 1.165) is 0 Å². The zero-order valence-electron chi connectivity index (χ0n) is 15.9. The molecule has 4 aliphatic rings. The van der Waals surface area contributed by atoms with Crippen molar-refractivity contribution >= 4 is 17.9 Å². The molecule has 0 saturated heterocycles. The second-order valence-electron chi connectivity index (χ2n) is 9.26. The minimum absolute atomic E-state index is 0.0148. The molecule has 28 heavy (non-hydrogen) atoms. The predicted octanol–water partition coefficient (Wildman–Crippen LogP) is 0.827. The predicted molar refractivity (Wildman–Crippen MR) is 95.8 cm³/mol. The van der Waals surface area contributed by atoms with Crippen LogP contribution in [0.3, 0.4) is 0 Å². The number of halogens is 1. The Kier molecular flexibility index (Phi) is 3.98. The van der Waals surface area contributed by atoms with Gasteiger partial charge in [0.15, 0.2) is 23.3 Å². The average Bonchev–Trinajstić information content (AvgIpc) is 2.84. The van der Waals surface area contributed by atoms with E-state index >= 15 is 4.39 Å². The van der Waals surface area contributed by atoms with Crippen LogP contribution in [0.1, 0.15) is 39.5 Å². The van der Waals surface area contributed by atoms with Gasteiger partial charge in [-0.15, -0.1) is 0 Å². The van der Waals surface area contributed by atoms with E-state index in [1.807, 2.05) is 0 Å². The average molecular weight is 392 g/mol. The molecule has 0 aromatic carbocycles. The van der Waals surface area contributed by atoms with Gasteiger partial charge in [0.25, 0.3) is 0 Å². The van der Waals surface area contributed by atoms with Crippen molar-refractivity contribution in [2.45, 2.75) is 63.0 Å². The summed E-state index contributed by atoms with van der Waals surface area (Å²) in [6, 6.07) is 0. The van der Waals surface area contributed by atoms with E-state index in [9.17, 15) is 29.7 Å². The van der Waals surface area contributed by atoms with Gasteiger partial charge in [0.2, 0.25) is 5.78 Å². The zero-order chi connectivity index (χ0) is 20.7. The SMILES string of the molecule is C[C@]12C=CC(=O)C=C1CC[C@H]1[C@@H]3C[C@@H](O)[C@](O)(C(=O)C=O)[C@@]3(C)C[C@H](O)[C@@]12F. The highest BCUT2D eigenvalue weighted by Gasteiger charge is 2.76. The smallest absolute Gasteiger partial charge is 0.229 e. The van der Waals surface area contributed by atoms with Crippen LogP contribution in [0.4, 0.5) is 4.39 Å². The molecule has 152 valence electrons. The van der Waals surface area contributed by atoms with Gasteiger partial charge in [0.05, 0.1) is 12.2 Å². The summed E-state index contributed by atoms with van der Waals surface area (Å²) < 4.78 is 16.8. The van der Waals surface area contributed by atoms with Crippen LogP contribution in [0.15, 0.2) is 23.8 Å². The maximum absolute atomic E-state index is 16.8. The molecule has 0 radical (unpaired) electrons. The summed E-state index contributed by atoms with van der Waals surface area (Å²) in [7, 11) is 0. The van der Waals surface area contributed by atoms with Gasteiger partial charge in [0, 0.05) is 16.7 Å². The lowest BCUT2D eigenvalue weighted by Gasteiger charge is -2.62. The molecule has 3 fully saturated rings. The number of aliphatic hydroxyl groups is 3. The number of alkyl halides is 1.